The lowest BCUT2D eigenvalue weighted by Gasteiger charge is -2.17. The Morgan fingerprint density at radius 1 is 1.40 bits per heavy atom. The van der Waals surface area contributed by atoms with E-state index in [1.807, 2.05) is 0 Å². The second-order valence-electron chi connectivity index (χ2n) is 2.33. The fourth-order valence-electron chi connectivity index (χ4n) is 1.11. The molecule has 2 heterocycles. The van der Waals surface area contributed by atoms with Crippen LogP contribution in [0.2, 0.25) is 0 Å². The molecular weight excluding hydrogens is 142 g/mol. The van der Waals surface area contributed by atoms with Crippen LogP contribution in [0.5, 0.6) is 0 Å². The van der Waals surface area contributed by atoms with Crippen molar-refractivity contribution in [1.29, 1.82) is 0 Å². The van der Waals surface area contributed by atoms with E-state index in [1.165, 1.54) is 10.6 Å². The quantitative estimate of drug-likeness (QED) is 0.568. The van der Waals surface area contributed by atoms with Crippen molar-refractivity contribution in [2.45, 2.75) is 6.42 Å². The van der Waals surface area contributed by atoms with Crippen LogP contribution in [0.25, 0.3) is 0 Å². The summed E-state index contributed by atoms with van der Waals surface area (Å²) in [5.74, 6) is 0. The summed E-state index contributed by atoms with van der Waals surface area (Å²) in [7, 11) is 0. The number of dihydropyridines is 1. The first-order valence-electron chi connectivity index (χ1n) is 3.42. The smallest absolute Gasteiger partial charge is 0.0762 e. The summed E-state index contributed by atoms with van der Waals surface area (Å²) in [6.07, 6.45) is 7.66. The lowest BCUT2D eigenvalue weighted by molar-refractivity contribution is 0.923. The Morgan fingerprint density at radius 2 is 2.40 bits per heavy atom. The predicted octanol–water partition coefficient (Wildman–Crippen LogP) is 2.01. The second-order valence-corrected chi connectivity index (χ2v) is 3.25. The monoisotopic (exact) mass is 151 g/mol. The molecule has 0 spiro atoms. The first-order chi connectivity index (χ1) is 4.97. The Kier molecular flexibility index (Phi) is 1.55. The van der Waals surface area contributed by atoms with Crippen LogP contribution in [0.3, 0.4) is 0 Å². The van der Waals surface area contributed by atoms with Crippen LogP contribution in [-0.4, -0.2) is 6.54 Å². The van der Waals surface area contributed by atoms with E-state index in [9.17, 15) is 0 Å². The maximum Gasteiger partial charge on any atom is 0.0762 e. The lowest BCUT2D eigenvalue weighted by Crippen LogP contribution is -2.16. The largest absolute Gasteiger partial charge is 0.376 e. The van der Waals surface area contributed by atoms with Crippen molar-refractivity contribution in [3.8, 4) is 0 Å². The van der Waals surface area contributed by atoms with Gasteiger partial charge >= 0.3 is 0 Å². The SMILES string of the molecule is C1=CC2=C(NC1)SC=CC2. The van der Waals surface area contributed by atoms with E-state index in [4.69, 9.17) is 0 Å². The van der Waals surface area contributed by atoms with Crippen LogP contribution >= 0.6 is 11.8 Å². The molecular formula is C8H9NS. The lowest BCUT2D eigenvalue weighted by atomic mass is 10.1. The van der Waals surface area contributed by atoms with E-state index in [2.05, 4.69) is 29.0 Å². The third kappa shape index (κ3) is 0.991. The van der Waals surface area contributed by atoms with Crippen molar-refractivity contribution < 1.29 is 0 Å². The predicted molar refractivity (Wildman–Crippen MR) is 45.5 cm³/mol. The van der Waals surface area contributed by atoms with Gasteiger partial charge in [0.05, 0.1) is 5.03 Å². The van der Waals surface area contributed by atoms with Crippen molar-refractivity contribution in [3.63, 3.8) is 0 Å². The van der Waals surface area contributed by atoms with E-state index >= 15 is 0 Å². The maximum absolute atomic E-state index is 3.33. The Bertz CT molecular complexity index is 225. The highest BCUT2D eigenvalue weighted by atomic mass is 32.2. The van der Waals surface area contributed by atoms with Gasteiger partial charge in [-0.15, -0.1) is 0 Å². The van der Waals surface area contributed by atoms with E-state index in [-0.39, 0.29) is 0 Å². The molecule has 10 heavy (non-hydrogen) atoms. The Hall–Kier alpha value is -0.630. The minimum Gasteiger partial charge on any atom is -0.376 e. The Morgan fingerprint density at radius 3 is 3.30 bits per heavy atom. The van der Waals surface area contributed by atoms with Crippen molar-refractivity contribution in [2.24, 2.45) is 0 Å². The molecule has 52 valence electrons. The van der Waals surface area contributed by atoms with Gasteiger partial charge in [0.25, 0.3) is 0 Å². The summed E-state index contributed by atoms with van der Waals surface area (Å²) in [6.45, 7) is 0.986. The molecule has 2 heteroatoms. The Balaban J connectivity index is 2.25. The minimum absolute atomic E-state index is 0.986. The molecule has 2 aliphatic rings. The van der Waals surface area contributed by atoms with Gasteiger partial charge in [0.15, 0.2) is 0 Å². The Labute approximate surface area is 64.9 Å². The normalized spacial score (nSPS) is 22.4. The average molecular weight is 151 g/mol. The molecule has 0 aromatic heterocycles. The molecule has 0 aromatic carbocycles. The molecule has 1 N–H and O–H groups in total. The zero-order valence-electron chi connectivity index (χ0n) is 5.63. The number of thioether (sulfide) groups is 1. The molecule has 0 radical (unpaired) electrons. The van der Waals surface area contributed by atoms with Gasteiger partial charge in [-0.3, -0.25) is 0 Å². The van der Waals surface area contributed by atoms with Crippen LogP contribution in [-0.2, 0) is 0 Å². The fraction of sp³-hybridized carbons (Fsp3) is 0.250. The van der Waals surface area contributed by atoms with Crippen molar-refractivity contribution in [3.05, 3.63) is 34.2 Å². The van der Waals surface area contributed by atoms with Gasteiger partial charge in [0.1, 0.15) is 0 Å². The van der Waals surface area contributed by atoms with Crippen LogP contribution in [0, 0.1) is 0 Å². The van der Waals surface area contributed by atoms with Crippen molar-refractivity contribution in [2.75, 3.05) is 6.54 Å². The van der Waals surface area contributed by atoms with Crippen LogP contribution in [0.4, 0.5) is 0 Å². The summed E-state index contributed by atoms with van der Waals surface area (Å²) in [5.41, 5.74) is 1.43. The molecule has 0 saturated carbocycles. The third-order valence-electron chi connectivity index (χ3n) is 1.61. The van der Waals surface area contributed by atoms with E-state index in [0.717, 1.165) is 13.0 Å². The van der Waals surface area contributed by atoms with Gasteiger partial charge in [-0.25, -0.2) is 0 Å². The topological polar surface area (TPSA) is 12.0 Å². The van der Waals surface area contributed by atoms with Crippen molar-refractivity contribution in [1.82, 2.24) is 5.32 Å². The summed E-state index contributed by atoms with van der Waals surface area (Å²) < 4.78 is 0. The zero-order valence-corrected chi connectivity index (χ0v) is 6.45. The van der Waals surface area contributed by atoms with E-state index in [0.29, 0.717) is 0 Å². The van der Waals surface area contributed by atoms with E-state index in [1.54, 1.807) is 11.8 Å². The van der Waals surface area contributed by atoms with Gasteiger partial charge in [-0.05, 0) is 17.4 Å². The summed E-state index contributed by atoms with van der Waals surface area (Å²) in [4.78, 5) is 0. The van der Waals surface area contributed by atoms with E-state index < -0.39 is 0 Å². The minimum atomic E-state index is 0.986. The first kappa shape index (κ1) is 6.10. The number of nitrogens with one attached hydrogen (secondary N) is 1. The van der Waals surface area contributed by atoms with Gasteiger partial charge < -0.3 is 5.32 Å². The zero-order chi connectivity index (χ0) is 6.81. The fourth-order valence-corrected chi connectivity index (χ4v) is 1.91. The summed E-state index contributed by atoms with van der Waals surface area (Å²) >= 11 is 1.78. The molecule has 0 atom stereocenters. The van der Waals surface area contributed by atoms with Gasteiger partial charge in [0.2, 0.25) is 0 Å². The van der Waals surface area contributed by atoms with Crippen LogP contribution in [0.1, 0.15) is 6.42 Å². The standard InChI is InChI=1S/C8H9NS/c1-3-7-4-2-6-10-8(7)9-5-1/h1-3,6,9H,4-5H2. The maximum atomic E-state index is 3.33. The average Bonchev–Trinajstić information content (AvgIpc) is 2.05. The summed E-state index contributed by atoms with van der Waals surface area (Å²) in [5, 5.41) is 6.81. The highest BCUT2D eigenvalue weighted by molar-refractivity contribution is 8.05. The molecule has 2 rings (SSSR count). The second kappa shape index (κ2) is 2.54. The molecule has 0 amide bonds. The van der Waals surface area contributed by atoms with Crippen LogP contribution < -0.4 is 5.32 Å². The highest BCUT2D eigenvalue weighted by Gasteiger charge is 2.08. The number of rotatable bonds is 0. The van der Waals surface area contributed by atoms with Crippen LogP contribution in [0.15, 0.2) is 34.2 Å². The highest BCUT2D eigenvalue weighted by Crippen LogP contribution is 2.28. The molecule has 0 aliphatic carbocycles. The summed E-state index contributed by atoms with van der Waals surface area (Å²) in [6, 6.07) is 0. The van der Waals surface area contributed by atoms with Crippen molar-refractivity contribution >= 4 is 11.8 Å². The number of hydrogen-bond donors (Lipinski definition) is 1. The van der Waals surface area contributed by atoms with Gasteiger partial charge in [-0.2, -0.15) is 0 Å². The van der Waals surface area contributed by atoms with Gasteiger partial charge in [0, 0.05) is 6.54 Å². The molecule has 0 aromatic rings. The number of allylic oxidation sites excluding steroid dienone is 3. The molecule has 0 saturated heterocycles. The first-order valence-corrected chi connectivity index (χ1v) is 4.30. The van der Waals surface area contributed by atoms with Gasteiger partial charge in [-0.1, -0.05) is 30.0 Å². The molecule has 1 nitrogen and oxygen atoms in total. The number of hydrogen-bond acceptors (Lipinski definition) is 2. The molecule has 0 bridgehead atoms. The molecule has 2 aliphatic heterocycles. The third-order valence-corrected chi connectivity index (χ3v) is 2.58. The molecule has 0 fully saturated rings. The molecule has 0 unspecified atom stereocenters.